The number of rotatable bonds is 3. The van der Waals surface area contributed by atoms with E-state index in [1.807, 2.05) is 25.1 Å². The molecular formula is C15H17N3O. The number of pyridine rings is 1. The first-order valence-corrected chi connectivity index (χ1v) is 6.61. The third-order valence-corrected chi connectivity index (χ3v) is 3.90. The molecule has 0 aliphatic heterocycles. The molecule has 0 saturated heterocycles. The first kappa shape index (κ1) is 12.2. The summed E-state index contributed by atoms with van der Waals surface area (Å²) < 4.78 is 0. The van der Waals surface area contributed by atoms with Crippen LogP contribution in [0, 0.1) is 6.92 Å². The van der Waals surface area contributed by atoms with Crippen molar-refractivity contribution in [1.29, 1.82) is 0 Å². The number of hydrogen-bond acceptors (Lipinski definition) is 4. The molecular weight excluding hydrogens is 238 g/mol. The van der Waals surface area contributed by atoms with Gasteiger partial charge in [0.15, 0.2) is 0 Å². The minimum atomic E-state index is -0.219. The van der Waals surface area contributed by atoms with Gasteiger partial charge in [0, 0.05) is 23.7 Å². The van der Waals surface area contributed by atoms with Crippen molar-refractivity contribution in [1.82, 2.24) is 15.0 Å². The summed E-state index contributed by atoms with van der Waals surface area (Å²) in [5.74, 6) is 0.778. The molecule has 4 nitrogen and oxygen atoms in total. The van der Waals surface area contributed by atoms with Gasteiger partial charge in [-0.3, -0.25) is 4.98 Å². The lowest BCUT2D eigenvalue weighted by Crippen LogP contribution is -2.40. The maximum Gasteiger partial charge on any atom is 0.137 e. The fourth-order valence-corrected chi connectivity index (χ4v) is 2.52. The molecule has 2 aromatic rings. The van der Waals surface area contributed by atoms with Crippen LogP contribution in [-0.4, -0.2) is 26.7 Å². The zero-order valence-corrected chi connectivity index (χ0v) is 11.0. The first-order valence-electron chi connectivity index (χ1n) is 6.61. The van der Waals surface area contributed by atoms with Crippen LogP contribution in [0.5, 0.6) is 0 Å². The highest BCUT2D eigenvalue weighted by molar-refractivity contribution is 5.58. The fraction of sp³-hybridized carbons (Fsp3) is 0.400. The Morgan fingerprint density at radius 2 is 2.16 bits per heavy atom. The molecule has 19 heavy (non-hydrogen) atoms. The Hall–Kier alpha value is -1.81. The van der Waals surface area contributed by atoms with E-state index in [0.717, 1.165) is 42.0 Å². The van der Waals surface area contributed by atoms with Gasteiger partial charge in [0.25, 0.3) is 0 Å². The summed E-state index contributed by atoms with van der Waals surface area (Å²) in [5, 5.41) is 9.65. The lowest BCUT2D eigenvalue weighted by atomic mass is 9.68. The van der Waals surface area contributed by atoms with Crippen LogP contribution in [0.4, 0.5) is 0 Å². The number of aliphatic hydroxyl groups excluding tert-OH is 1. The van der Waals surface area contributed by atoms with Crippen LogP contribution in [0.1, 0.15) is 30.8 Å². The Bertz CT molecular complexity index is 574. The summed E-state index contributed by atoms with van der Waals surface area (Å²) in [7, 11) is 0. The van der Waals surface area contributed by atoms with E-state index in [9.17, 15) is 5.11 Å². The van der Waals surface area contributed by atoms with E-state index in [0.29, 0.717) is 0 Å². The van der Waals surface area contributed by atoms with Crippen molar-refractivity contribution >= 4 is 0 Å². The van der Waals surface area contributed by atoms with Crippen molar-refractivity contribution in [2.24, 2.45) is 0 Å². The second-order valence-corrected chi connectivity index (χ2v) is 5.25. The average Bonchev–Trinajstić information content (AvgIpc) is 2.39. The first-order chi connectivity index (χ1) is 9.23. The summed E-state index contributed by atoms with van der Waals surface area (Å²) >= 11 is 0. The van der Waals surface area contributed by atoms with E-state index >= 15 is 0 Å². The predicted octanol–water partition coefficient (Wildman–Crippen LogP) is 2.26. The molecule has 0 atom stereocenters. The number of nitrogens with zero attached hydrogens (tertiary/aromatic N) is 3. The molecule has 1 saturated carbocycles. The molecule has 0 aromatic carbocycles. The second-order valence-electron chi connectivity index (χ2n) is 5.25. The van der Waals surface area contributed by atoms with Gasteiger partial charge in [-0.2, -0.15) is 0 Å². The van der Waals surface area contributed by atoms with Gasteiger partial charge >= 0.3 is 0 Å². The van der Waals surface area contributed by atoms with Crippen molar-refractivity contribution in [2.75, 3.05) is 6.61 Å². The monoisotopic (exact) mass is 255 g/mol. The Morgan fingerprint density at radius 3 is 2.74 bits per heavy atom. The van der Waals surface area contributed by atoms with E-state index in [1.165, 1.54) is 0 Å². The normalized spacial score (nSPS) is 16.9. The SMILES string of the molecule is Cc1cc(-c2cccnc2)nc(C2(CO)CCC2)n1. The number of aromatic nitrogens is 3. The Balaban J connectivity index is 2.06. The highest BCUT2D eigenvalue weighted by Crippen LogP contribution is 2.42. The van der Waals surface area contributed by atoms with Gasteiger partial charge in [0.05, 0.1) is 17.7 Å². The second kappa shape index (κ2) is 4.70. The highest BCUT2D eigenvalue weighted by atomic mass is 16.3. The minimum absolute atomic E-state index is 0.128. The van der Waals surface area contributed by atoms with Crippen molar-refractivity contribution in [3.63, 3.8) is 0 Å². The van der Waals surface area contributed by atoms with Crippen LogP contribution in [0.3, 0.4) is 0 Å². The molecule has 0 spiro atoms. The highest BCUT2D eigenvalue weighted by Gasteiger charge is 2.41. The number of hydrogen-bond donors (Lipinski definition) is 1. The summed E-state index contributed by atoms with van der Waals surface area (Å²) in [5.41, 5.74) is 2.59. The molecule has 4 heteroatoms. The predicted molar refractivity (Wildman–Crippen MR) is 72.6 cm³/mol. The molecule has 3 rings (SSSR count). The Morgan fingerprint density at radius 1 is 1.32 bits per heavy atom. The average molecular weight is 255 g/mol. The molecule has 2 aromatic heterocycles. The lowest BCUT2D eigenvalue weighted by Gasteiger charge is -2.38. The quantitative estimate of drug-likeness (QED) is 0.914. The van der Waals surface area contributed by atoms with Crippen LogP contribution in [0.25, 0.3) is 11.3 Å². The van der Waals surface area contributed by atoms with Gasteiger partial charge in [-0.15, -0.1) is 0 Å². The van der Waals surface area contributed by atoms with Crippen molar-refractivity contribution in [3.05, 3.63) is 42.1 Å². The fourth-order valence-electron chi connectivity index (χ4n) is 2.52. The largest absolute Gasteiger partial charge is 0.395 e. The Kier molecular flexibility index (Phi) is 3.03. The van der Waals surface area contributed by atoms with E-state index in [1.54, 1.807) is 12.4 Å². The molecule has 2 heterocycles. The van der Waals surface area contributed by atoms with E-state index in [-0.39, 0.29) is 12.0 Å². The van der Waals surface area contributed by atoms with Gasteiger partial charge in [-0.05, 0) is 38.0 Å². The van der Waals surface area contributed by atoms with Crippen molar-refractivity contribution in [3.8, 4) is 11.3 Å². The van der Waals surface area contributed by atoms with Crippen LogP contribution in [0.15, 0.2) is 30.6 Å². The molecule has 0 unspecified atom stereocenters. The molecule has 1 aliphatic rings. The standard InChI is InChI=1S/C15H17N3O/c1-11-8-13(12-4-2-7-16-9-12)18-14(17-11)15(10-19)5-3-6-15/h2,4,7-9,19H,3,5-6,10H2,1H3. The number of aryl methyl sites for hydroxylation is 1. The topological polar surface area (TPSA) is 58.9 Å². The van der Waals surface area contributed by atoms with Crippen LogP contribution >= 0.6 is 0 Å². The minimum Gasteiger partial charge on any atom is -0.395 e. The number of aliphatic hydroxyl groups is 1. The maximum atomic E-state index is 9.65. The van der Waals surface area contributed by atoms with Gasteiger partial charge in [-0.25, -0.2) is 9.97 Å². The van der Waals surface area contributed by atoms with Crippen LogP contribution < -0.4 is 0 Å². The summed E-state index contributed by atoms with van der Waals surface area (Å²) in [4.78, 5) is 13.3. The zero-order valence-electron chi connectivity index (χ0n) is 11.0. The smallest absolute Gasteiger partial charge is 0.137 e. The maximum absolute atomic E-state index is 9.65. The molecule has 1 N–H and O–H groups in total. The van der Waals surface area contributed by atoms with Gasteiger partial charge in [-0.1, -0.05) is 6.42 Å². The molecule has 0 bridgehead atoms. The van der Waals surface area contributed by atoms with Crippen LogP contribution in [0.2, 0.25) is 0 Å². The molecule has 0 radical (unpaired) electrons. The van der Waals surface area contributed by atoms with Crippen molar-refractivity contribution < 1.29 is 5.11 Å². The van der Waals surface area contributed by atoms with E-state index in [2.05, 4.69) is 15.0 Å². The van der Waals surface area contributed by atoms with E-state index in [4.69, 9.17) is 0 Å². The summed E-state index contributed by atoms with van der Waals surface area (Å²) in [6, 6.07) is 5.85. The molecule has 1 aliphatic carbocycles. The summed E-state index contributed by atoms with van der Waals surface area (Å²) in [6.07, 6.45) is 6.64. The molecule has 0 amide bonds. The summed E-state index contributed by atoms with van der Waals surface area (Å²) in [6.45, 7) is 2.09. The third-order valence-electron chi connectivity index (χ3n) is 3.90. The Labute approximate surface area is 112 Å². The third kappa shape index (κ3) is 2.12. The van der Waals surface area contributed by atoms with Gasteiger partial charge in [0.2, 0.25) is 0 Å². The lowest BCUT2D eigenvalue weighted by molar-refractivity contribution is 0.112. The zero-order chi connectivity index (χ0) is 13.3. The molecule has 98 valence electrons. The van der Waals surface area contributed by atoms with Crippen LogP contribution in [-0.2, 0) is 5.41 Å². The van der Waals surface area contributed by atoms with Gasteiger partial charge in [0.1, 0.15) is 5.82 Å². The van der Waals surface area contributed by atoms with Gasteiger partial charge < -0.3 is 5.11 Å². The van der Waals surface area contributed by atoms with Crippen molar-refractivity contribution in [2.45, 2.75) is 31.6 Å². The van der Waals surface area contributed by atoms with E-state index < -0.39 is 0 Å². The molecule has 1 fully saturated rings.